The number of nitrogens with zero attached hydrogens (tertiary/aromatic N) is 1. The largest absolute Gasteiger partial charge is 0.452 e. The molecule has 30 heavy (non-hydrogen) atoms. The van der Waals surface area contributed by atoms with Gasteiger partial charge in [-0.1, -0.05) is 23.7 Å². The Hall–Kier alpha value is -2.86. The van der Waals surface area contributed by atoms with Crippen LogP contribution >= 0.6 is 11.6 Å². The number of anilines is 1. The molecule has 2 aromatic carbocycles. The average Bonchev–Trinajstić information content (AvgIpc) is 2.72. The molecule has 0 aromatic heterocycles. The summed E-state index contributed by atoms with van der Waals surface area (Å²) in [5.74, 6) is -1.24. The zero-order valence-electron chi connectivity index (χ0n) is 17.1. The Bertz CT molecular complexity index is 919. The lowest BCUT2D eigenvalue weighted by atomic mass is 9.97. The molecule has 1 heterocycles. The van der Waals surface area contributed by atoms with E-state index < -0.39 is 5.97 Å². The molecule has 0 radical (unpaired) electrons. The van der Waals surface area contributed by atoms with Crippen LogP contribution in [-0.2, 0) is 9.53 Å². The Kier molecular flexibility index (Phi) is 7.11. The van der Waals surface area contributed by atoms with Crippen molar-refractivity contribution in [2.75, 3.05) is 11.9 Å². The van der Waals surface area contributed by atoms with Gasteiger partial charge in [0, 0.05) is 22.7 Å². The number of halogens is 1. The molecule has 0 bridgehead atoms. The molecule has 2 amide bonds. The molecule has 1 aliphatic heterocycles. The molecule has 1 N–H and O–H groups in total. The predicted molar refractivity (Wildman–Crippen MR) is 116 cm³/mol. The third-order valence-electron chi connectivity index (χ3n) is 5.31. The van der Waals surface area contributed by atoms with Crippen molar-refractivity contribution >= 4 is 35.1 Å². The van der Waals surface area contributed by atoms with Crippen molar-refractivity contribution in [2.24, 2.45) is 0 Å². The third kappa shape index (κ3) is 5.19. The summed E-state index contributed by atoms with van der Waals surface area (Å²) in [5.41, 5.74) is 0.910. The van der Waals surface area contributed by atoms with Gasteiger partial charge >= 0.3 is 5.97 Å². The molecule has 1 aliphatic rings. The molecule has 2 unspecified atom stereocenters. The van der Waals surface area contributed by atoms with Gasteiger partial charge in [0.25, 0.3) is 11.8 Å². The average molecular weight is 429 g/mol. The van der Waals surface area contributed by atoms with Gasteiger partial charge in [-0.15, -0.1) is 0 Å². The molecule has 3 rings (SSSR count). The maximum Gasteiger partial charge on any atom is 0.340 e. The Balaban J connectivity index is 1.66. The lowest BCUT2D eigenvalue weighted by molar-refractivity contribution is -0.140. The minimum absolute atomic E-state index is 0.130. The first-order valence-electron chi connectivity index (χ1n) is 10.0. The number of rotatable bonds is 5. The second-order valence-electron chi connectivity index (χ2n) is 7.51. The van der Waals surface area contributed by atoms with Crippen LogP contribution in [0.2, 0.25) is 5.02 Å². The molecular formula is C23H25ClN2O4. The van der Waals surface area contributed by atoms with Crippen LogP contribution in [0, 0.1) is 0 Å². The quantitative estimate of drug-likeness (QED) is 0.709. The van der Waals surface area contributed by atoms with Gasteiger partial charge in [-0.05, 0) is 69.5 Å². The van der Waals surface area contributed by atoms with Crippen LogP contribution in [0.4, 0.5) is 5.69 Å². The normalized spacial score (nSPS) is 18.6. The second kappa shape index (κ2) is 9.76. The highest BCUT2D eigenvalue weighted by atomic mass is 35.5. The molecule has 0 aliphatic carbocycles. The molecule has 0 saturated carbocycles. The SMILES string of the molecule is CC1CCCC(C)N1C(=O)COC(=O)c1ccccc1NC(=O)c1ccc(Cl)cc1. The number of esters is 1. The van der Waals surface area contributed by atoms with E-state index >= 15 is 0 Å². The zero-order valence-corrected chi connectivity index (χ0v) is 17.8. The van der Waals surface area contributed by atoms with E-state index in [1.165, 1.54) is 0 Å². The maximum absolute atomic E-state index is 12.6. The van der Waals surface area contributed by atoms with Gasteiger partial charge < -0.3 is 15.0 Å². The van der Waals surface area contributed by atoms with Crippen molar-refractivity contribution < 1.29 is 19.1 Å². The number of carbonyl (C=O) groups excluding carboxylic acids is 3. The maximum atomic E-state index is 12.6. The number of amides is 2. The van der Waals surface area contributed by atoms with E-state index in [0.717, 1.165) is 19.3 Å². The molecule has 0 spiro atoms. The topological polar surface area (TPSA) is 75.7 Å². The first-order valence-corrected chi connectivity index (χ1v) is 10.4. The Morgan fingerprint density at radius 1 is 1.03 bits per heavy atom. The molecule has 1 saturated heterocycles. The van der Waals surface area contributed by atoms with Crippen LogP contribution in [-0.4, -0.2) is 41.4 Å². The van der Waals surface area contributed by atoms with E-state index in [1.54, 1.807) is 53.4 Å². The molecule has 158 valence electrons. The van der Waals surface area contributed by atoms with Crippen molar-refractivity contribution in [3.05, 3.63) is 64.7 Å². The van der Waals surface area contributed by atoms with E-state index in [9.17, 15) is 14.4 Å². The molecule has 2 aromatic rings. The highest BCUT2D eigenvalue weighted by Crippen LogP contribution is 2.23. The smallest absolute Gasteiger partial charge is 0.340 e. The number of ether oxygens (including phenoxy) is 1. The fraction of sp³-hybridized carbons (Fsp3) is 0.348. The fourth-order valence-corrected chi connectivity index (χ4v) is 3.88. The van der Waals surface area contributed by atoms with Crippen LogP contribution in [0.1, 0.15) is 53.8 Å². The van der Waals surface area contributed by atoms with Crippen molar-refractivity contribution in [1.29, 1.82) is 0 Å². The van der Waals surface area contributed by atoms with Gasteiger partial charge in [-0.3, -0.25) is 9.59 Å². The monoisotopic (exact) mass is 428 g/mol. The number of para-hydroxylation sites is 1. The minimum atomic E-state index is -0.660. The Morgan fingerprint density at radius 3 is 2.33 bits per heavy atom. The highest BCUT2D eigenvalue weighted by Gasteiger charge is 2.29. The van der Waals surface area contributed by atoms with Gasteiger partial charge in [0.2, 0.25) is 0 Å². The summed E-state index contributed by atoms with van der Waals surface area (Å²) in [6.07, 6.45) is 2.99. The summed E-state index contributed by atoms with van der Waals surface area (Å²) < 4.78 is 5.28. The summed E-state index contributed by atoms with van der Waals surface area (Å²) in [5, 5.41) is 3.24. The first kappa shape index (κ1) is 21.8. The molecular weight excluding hydrogens is 404 g/mol. The summed E-state index contributed by atoms with van der Waals surface area (Å²) in [6.45, 7) is 3.70. The predicted octanol–water partition coefficient (Wildman–Crippen LogP) is 4.54. The molecule has 7 heteroatoms. The van der Waals surface area contributed by atoms with Crippen LogP contribution in [0.5, 0.6) is 0 Å². The number of likely N-dealkylation sites (tertiary alicyclic amines) is 1. The summed E-state index contributed by atoms with van der Waals surface area (Å²) in [6, 6.07) is 13.2. The molecule has 6 nitrogen and oxygen atoms in total. The molecule has 1 fully saturated rings. The fourth-order valence-electron chi connectivity index (χ4n) is 3.76. The molecule has 2 atom stereocenters. The van der Waals surface area contributed by atoms with Crippen LogP contribution in [0.3, 0.4) is 0 Å². The third-order valence-corrected chi connectivity index (χ3v) is 5.56. The van der Waals surface area contributed by atoms with Crippen molar-refractivity contribution in [1.82, 2.24) is 4.90 Å². The van der Waals surface area contributed by atoms with Crippen LogP contribution in [0.25, 0.3) is 0 Å². The first-order chi connectivity index (χ1) is 14.4. The van der Waals surface area contributed by atoms with E-state index in [1.807, 2.05) is 13.8 Å². The van der Waals surface area contributed by atoms with E-state index in [2.05, 4.69) is 5.32 Å². The van der Waals surface area contributed by atoms with Gasteiger partial charge in [-0.2, -0.15) is 0 Å². The van der Waals surface area contributed by atoms with Gasteiger partial charge in [0.05, 0.1) is 11.3 Å². The standard InChI is InChI=1S/C23H25ClN2O4/c1-15-6-5-7-16(2)26(15)21(27)14-30-23(29)19-8-3-4-9-20(19)25-22(28)17-10-12-18(24)13-11-17/h3-4,8-13,15-16H,5-7,14H2,1-2H3,(H,25,28). The van der Waals surface area contributed by atoms with Crippen LogP contribution in [0.15, 0.2) is 48.5 Å². The lowest BCUT2D eigenvalue weighted by Gasteiger charge is -2.38. The summed E-state index contributed by atoms with van der Waals surface area (Å²) in [4.78, 5) is 39.5. The Labute approximate surface area is 181 Å². The zero-order chi connectivity index (χ0) is 21.7. The van der Waals surface area contributed by atoms with Gasteiger partial charge in [-0.25, -0.2) is 4.79 Å². The number of benzene rings is 2. The number of hydrogen-bond donors (Lipinski definition) is 1. The van der Waals surface area contributed by atoms with Gasteiger partial charge in [0.15, 0.2) is 6.61 Å². The van der Waals surface area contributed by atoms with Crippen molar-refractivity contribution in [3.8, 4) is 0 Å². The summed E-state index contributed by atoms with van der Waals surface area (Å²) in [7, 11) is 0. The number of hydrogen-bond acceptors (Lipinski definition) is 4. The van der Waals surface area contributed by atoms with Crippen molar-refractivity contribution in [3.63, 3.8) is 0 Å². The van der Waals surface area contributed by atoms with Crippen LogP contribution < -0.4 is 5.32 Å². The summed E-state index contributed by atoms with van der Waals surface area (Å²) >= 11 is 5.85. The number of nitrogens with one attached hydrogen (secondary N) is 1. The second-order valence-corrected chi connectivity index (χ2v) is 7.95. The van der Waals surface area contributed by atoms with Crippen molar-refractivity contribution in [2.45, 2.75) is 45.2 Å². The van der Waals surface area contributed by atoms with E-state index in [-0.39, 0.29) is 36.1 Å². The van der Waals surface area contributed by atoms with E-state index in [0.29, 0.717) is 16.3 Å². The van der Waals surface area contributed by atoms with E-state index in [4.69, 9.17) is 16.3 Å². The Morgan fingerprint density at radius 2 is 1.67 bits per heavy atom. The number of piperidine rings is 1. The minimum Gasteiger partial charge on any atom is -0.452 e. The highest BCUT2D eigenvalue weighted by molar-refractivity contribution is 6.30. The lowest BCUT2D eigenvalue weighted by Crippen LogP contribution is -2.49. The van der Waals surface area contributed by atoms with Gasteiger partial charge in [0.1, 0.15) is 0 Å². The number of carbonyl (C=O) groups is 3.